The zero-order valence-corrected chi connectivity index (χ0v) is 17.8. The van der Waals surface area contributed by atoms with Gasteiger partial charge < -0.3 is 9.88 Å². The van der Waals surface area contributed by atoms with Crippen LogP contribution < -0.4 is 4.90 Å². The largest absolute Gasteiger partial charge is 0.369 e. The van der Waals surface area contributed by atoms with Crippen molar-refractivity contribution in [1.82, 2.24) is 19.8 Å². The average Bonchev–Trinajstić information content (AvgIpc) is 3.15. The number of benzene rings is 1. The predicted molar refractivity (Wildman–Crippen MR) is 121 cm³/mol. The molecule has 0 amide bonds. The predicted octanol–water partition coefficient (Wildman–Crippen LogP) is 3.91. The van der Waals surface area contributed by atoms with Crippen LogP contribution in [0.5, 0.6) is 0 Å². The Morgan fingerprint density at radius 3 is 2.47 bits per heavy atom. The minimum absolute atomic E-state index is 0.535. The molecule has 3 aromatic rings. The van der Waals surface area contributed by atoms with Gasteiger partial charge in [-0.15, -0.1) is 0 Å². The lowest BCUT2D eigenvalue weighted by molar-refractivity contribution is 0.0582. The normalized spacial score (nSPS) is 19.0. The van der Waals surface area contributed by atoms with Gasteiger partial charge in [-0.3, -0.25) is 14.8 Å². The van der Waals surface area contributed by atoms with Crippen molar-refractivity contribution in [1.29, 1.82) is 0 Å². The van der Waals surface area contributed by atoms with E-state index in [4.69, 9.17) is 0 Å². The van der Waals surface area contributed by atoms with Crippen LogP contribution in [0.15, 0.2) is 42.6 Å². The highest BCUT2D eigenvalue weighted by atomic mass is 19.1. The Hall–Kier alpha value is -2.44. The van der Waals surface area contributed by atoms with E-state index >= 15 is 0 Å². The van der Waals surface area contributed by atoms with Crippen molar-refractivity contribution in [2.45, 2.75) is 32.6 Å². The van der Waals surface area contributed by atoms with Crippen LogP contribution in [0.2, 0.25) is 0 Å². The van der Waals surface area contributed by atoms with Gasteiger partial charge in [0.1, 0.15) is 6.17 Å². The smallest absolute Gasteiger partial charge is 0.125 e. The quantitative estimate of drug-likeness (QED) is 0.696. The van der Waals surface area contributed by atoms with E-state index in [0.717, 1.165) is 60.6 Å². The lowest BCUT2D eigenvalue weighted by Crippen LogP contribution is -2.48. The lowest BCUT2D eigenvalue weighted by Gasteiger charge is -2.38. The first kappa shape index (κ1) is 19.5. The molecule has 5 nitrogen and oxygen atoms in total. The van der Waals surface area contributed by atoms with Crippen LogP contribution >= 0.6 is 0 Å². The molecule has 0 saturated carbocycles. The number of H-pyrrole nitrogens is 1. The van der Waals surface area contributed by atoms with Crippen LogP contribution in [-0.2, 0) is 6.54 Å². The number of alkyl halides is 1. The molecule has 1 aromatic carbocycles. The van der Waals surface area contributed by atoms with Gasteiger partial charge in [0, 0.05) is 85.9 Å². The summed E-state index contributed by atoms with van der Waals surface area (Å²) < 4.78 is 13.1. The van der Waals surface area contributed by atoms with Crippen molar-refractivity contribution >= 4 is 16.6 Å². The average molecular weight is 408 g/mol. The van der Waals surface area contributed by atoms with Gasteiger partial charge in [-0.25, -0.2) is 4.39 Å². The molecule has 1 N–H and O–H groups in total. The Kier molecular flexibility index (Phi) is 5.21. The zero-order valence-electron chi connectivity index (χ0n) is 17.8. The van der Waals surface area contributed by atoms with Gasteiger partial charge in [0.15, 0.2) is 0 Å². The number of nitrogens with zero attached hydrogens (tertiary/aromatic N) is 4. The van der Waals surface area contributed by atoms with Gasteiger partial charge >= 0.3 is 0 Å². The highest BCUT2D eigenvalue weighted by Crippen LogP contribution is 2.30. The monoisotopic (exact) mass is 407 g/mol. The number of aromatic amines is 1. The number of halogens is 1. The Balaban J connectivity index is 1.33. The summed E-state index contributed by atoms with van der Waals surface area (Å²) in [7, 11) is 0. The van der Waals surface area contributed by atoms with Crippen molar-refractivity contribution in [2.24, 2.45) is 0 Å². The molecular weight excluding hydrogens is 377 g/mol. The van der Waals surface area contributed by atoms with Crippen LogP contribution in [0.3, 0.4) is 0 Å². The van der Waals surface area contributed by atoms with E-state index in [1.54, 1.807) is 0 Å². The highest BCUT2D eigenvalue weighted by Gasteiger charge is 2.26. The van der Waals surface area contributed by atoms with Gasteiger partial charge in [0.2, 0.25) is 0 Å². The molecule has 0 atom stereocenters. The second-order valence-corrected chi connectivity index (χ2v) is 8.87. The first-order valence-corrected chi connectivity index (χ1v) is 11.0. The summed E-state index contributed by atoms with van der Waals surface area (Å²) in [5.74, 6) is 0. The fraction of sp³-hybridized carbons (Fsp3) is 0.458. The zero-order chi connectivity index (χ0) is 20.7. The molecule has 158 valence electrons. The van der Waals surface area contributed by atoms with Gasteiger partial charge in [0.25, 0.3) is 0 Å². The van der Waals surface area contributed by atoms with E-state index in [-0.39, 0.29) is 0 Å². The number of nitrogens with one attached hydrogen (secondary N) is 1. The number of likely N-dealkylation sites (tertiary alicyclic amines) is 1. The fourth-order valence-corrected chi connectivity index (χ4v) is 4.63. The molecule has 0 aliphatic carbocycles. The number of piperazine rings is 1. The maximum absolute atomic E-state index is 13.1. The molecule has 0 bridgehead atoms. The van der Waals surface area contributed by atoms with Crippen molar-refractivity contribution in [3.63, 3.8) is 0 Å². The Morgan fingerprint density at radius 2 is 1.80 bits per heavy atom. The second-order valence-electron chi connectivity index (χ2n) is 8.87. The van der Waals surface area contributed by atoms with Crippen LogP contribution in [0, 0.1) is 0 Å². The van der Waals surface area contributed by atoms with E-state index in [0.29, 0.717) is 19.1 Å². The van der Waals surface area contributed by atoms with Crippen LogP contribution in [0.4, 0.5) is 10.1 Å². The highest BCUT2D eigenvalue weighted by molar-refractivity contribution is 5.93. The standard InChI is InChI=1S/C24H30FN5/c1-17(2)29-9-11-30(12-10-29)21-5-3-18(4-6-21)24-22-13-20(16-28-14-19(25)15-28)27-23(22)7-8-26-24/h3-8,13,17,19,27H,9-12,14-16H2,1-2H3. The third-order valence-corrected chi connectivity index (χ3v) is 6.46. The van der Waals surface area contributed by atoms with Crippen molar-refractivity contribution in [3.8, 4) is 11.3 Å². The molecule has 0 spiro atoms. The van der Waals surface area contributed by atoms with Crippen molar-refractivity contribution < 1.29 is 4.39 Å². The summed E-state index contributed by atoms with van der Waals surface area (Å²) in [5.41, 5.74) is 5.61. The maximum atomic E-state index is 13.1. The van der Waals surface area contributed by atoms with Gasteiger partial charge in [0.05, 0.1) is 5.69 Å². The van der Waals surface area contributed by atoms with Gasteiger partial charge in [-0.05, 0) is 38.1 Å². The number of hydrogen-bond acceptors (Lipinski definition) is 4. The molecule has 30 heavy (non-hydrogen) atoms. The summed E-state index contributed by atoms with van der Waals surface area (Å²) in [5, 5.41) is 1.13. The molecule has 2 aromatic heterocycles. The van der Waals surface area contributed by atoms with E-state index in [2.05, 4.69) is 68.8 Å². The number of aromatic nitrogens is 2. The third-order valence-electron chi connectivity index (χ3n) is 6.46. The lowest BCUT2D eigenvalue weighted by atomic mass is 10.1. The first-order valence-electron chi connectivity index (χ1n) is 11.0. The summed E-state index contributed by atoms with van der Waals surface area (Å²) in [6.45, 7) is 10.7. The van der Waals surface area contributed by atoms with E-state index in [1.807, 2.05) is 12.3 Å². The third kappa shape index (κ3) is 3.82. The molecule has 2 aliphatic rings. The van der Waals surface area contributed by atoms with Gasteiger partial charge in [-0.2, -0.15) is 0 Å². The second kappa shape index (κ2) is 8.00. The Morgan fingerprint density at radius 1 is 1.07 bits per heavy atom. The molecule has 6 heteroatoms. The SMILES string of the molecule is CC(C)N1CCN(c2ccc(-c3nccc4[nH]c(CN5CC(F)C5)cc34)cc2)CC1. The van der Waals surface area contributed by atoms with Crippen LogP contribution in [0.25, 0.3) is 22.2 Å². The summed E-state index contributed by atoms with van der Waals surface area (Å²) in [6.07, 6.45) is 1.19. The number of anilines is 1. The summed E-state index contributed by atoms with van der Waals surface area (Å²) in [6, 6.07) is 13.6. The van der Waals surface area contributed by atoms with Gasteiger partial charge in [-0.1, -0.05) is 12.1 Å². The number of pyridine rings is 1. The number of rotatable bonds is 5. The molecular formula is C24H30FN5. The molecule has 4 heterocycles. The van der Waals surface area contributed by atoms with Crippen molar-refractivity contribution in [2.75, 3.05) is 44.2 Å². The molecule has 2 aliphatic heterocycles. The van der Waals surface area contributed by atoms with Crippen molar-refractivity contribution in [3.05, 3.63) is 48.3 Å². The first-order chi connectivity index (χ1) is 14.6. The van der Waals surface area contributed by atoms with Crippen LogP contribution in [-0.4, -0.2) is 71.2 Å². The fourth-order valence-electron chi connectivity index (χ4n) is 4.63. The molecule has 0 radical (unpaired) electrons. The van der Waals surface area contributed by atoms with E-state index in [9.17, 15) is 4.39 Å². The molecule has 2 fully saturated rings. The van der Waals surface area contributed by atoms with E-state index in [1.165, 1.54) is 5.69 Å². The minimum atomic E-state index is -0.668. The number of hydrogen-bond donors (Lipinski definition) is 1. The Bertz CT molecular complexity index is 998. The van der Waals surface area contributed by atoms with E-state index < -0.39 is 6.17 Å². The minimum Gasteiger partial charge on any atom is -0.369 e. The number of fused-ring (bicyclic) bond motifs is 1. The summed E-state index contributed by atoms with van der Waals surface area (Å²) in [4.78, 5) is 15.3. The molecule has 2 saturated heterocycles. The Labute approximate surface area is 177 Å². The summed E-state index contributed by atoms with van der Waals surface area (Å²) >= 11 is 0. The maximum Gasteiger partial charge on any atom is 0.125 e. The van der Waals surface area contributed by atoms with Crippen LogP contribution in [0.1, 0.15) is 19.5 Å². The molecule has 5 rings (SSSR count). The topological polar surface area (TPSA) is 38.4 Å². The molecule has 0 unspecified atom stereocenters.